The van der Waals surface area contributed by atoms with E-state index in [9.17, 15) is 18.4 Å². The molecule has 0 bridgehead atoms. The molecule has 0 saturated heterocycles. The number of hydrogen-bond acceptors (Lipinski definition) is 4. The highest BCUT2D eigenvalue weighted by molar-refractivity contribution is 6.12. The number of rotatable bonds is 6. The second-order valence-corrected chi connectivity index (χ2v) is 15.4. The van der Waals surface area contributed by atoms with Crippen molar-refractivity contribution >= 4 is 49.3 Å². The predicted octanol–water partition coefficient (Wildman–Crippen LogP) is 14.2. The maximum Gasteiger partial charge on any atom is 0.416 e. The van der Waals surface area contributed by atoms with Crippen LogP contribution in [0.2, 0.25) is 0 Å². The summed E-state index contributed by atoms with van der Waals surface area (Å²) in [6.45, 7) is 7.78. The van der Waals surface area contributed by atoms with Gasteiger partial charge >= 0.3 is 6.18 Å². The van der Waals surface area contributed by atoms with Gasteiger partial charge in [-0.15, -0.1) is 0 Å². The van der Waals surface area contributed by atoms with Crippen molar-refractivity contribution in [3.8, 4) is 62.7 Å². The summed E-state index contributed by atoms with van der Waals surface area (Å²) in [6, 6.07) is 57.4. The molecule has 302 valence electrons. The molecule has 0 aliphatic carbocycles. The van der Waals surface area contributed by atoms with Crippen LogP contribution in [0.15, 0.2) is 182 Å². The van der Waals surface area contributed by atoms with Crippen molar-refractivity contribution in [2.24, 2.45) is 0 Å². The predicted molar refractivity (Wildman–Crippen MR) is 246 cm³/mol. The zero-order valence-electron chi connectivity index (χ0n) is 33.6. The van der Waals surface area contributed by atoms with Crippen molar-refractivity contribution in [2.75, 3.05) is 0 Å². The molecular formula is C54H30F3N7. The normalized spacial score (nSPS) is 11.6. The summed E-state index contributed by atoms with van der Waals surface area (Å²) in [5.41, 5.74) is 7.34. The van der Waals surface area contributed by atoms with Crippen LogP contribution in [0.1, 0.15) is 11.1 Å². The van der Waals surface area contributed by atoms with Crippen molar-refractivity contribution in [1.82, 2.24) is 24.1 Å². The Morgan fingerprint density at radius 1 is 0.469 bits per heavy atom. The average molecular weight is 834 g/mol. The number of alkyl halides is 3. The highest BCUT2D eigenvalue weighted by Crippen LogP contribution is 2.44. The molecule has 10 heteroatoms. The fourth-order valence-electron chi connectivity index (χ4n) is 8.74. The van der Waals surface area contributed by atoms with Crippen LogP contribution in [0.3, 0.4) is 0 Å². The fraction of sp³-hybridized carbons (Fsp3) is 0.0185. The summed E-state index contributed by atoms with van der Waals surface area (Å²) in [5.74, 6) is 1.30. The first kappa shape index (κ1) is 38.1. The molecule has 7 nitrogen and oxygen atoms in total. The van der Waals surface area contributed by atoms with Crippen molar-refractivity contribution in [2.45, 2.75) is 6.18 Å². The third-order valence-electron chi connectivity index (χ3n) is 11.6. The molecule has 3 heterocycles. The Morgan fingerprint density at radius 3 is 1.59 bits per heavy atom. The van der Waals surface area contributed by atoms with E-state index in [1.165, 1.54) is 12.1 Å². The summed E-state index contributed by atoms with van der Waals surface area (Å²) < 4.78 is 48.7. The van der Waals surface area contributed by atoms with Crippen molar-refractivity contribution in [3.05, 3.63) is 205 Å². The zero-order valence-corrected chi connectivity index (χ0v) is 33.6. The number of nitriles is 1. The van der Waals surface area contributed by atoms with E-state index in [1.807, 2.05) is 144 Å². The summed E-state index contributed by atoms with van der Waals surface area (Å²) >= 11 is 0. The lowest BCUT2D eigenvalue weighted by molar-refractivity contribution is -0.137. The highest BCUT2D eigenvalue weighted by atomic mass is 19.4. The third kappa shape index (κ3) is 6.32. The first-order chi connectivity index (χ1) is 31.3. The molecule has 3 aromatic heterocycles. The maximum atomic E-state index is 14.9. The van der Waals surface area contributed by atoms with Gasteiger partial charge in [0.25, 0.3) is 0 Å². The molecule has 64 heavy (non-hydrogen) atoms. The zero-order chi connectivity index (χ0) is 43.5. The average Bonchev–Trinajstić information content (AvgIpc) is 3.85. The van der Waals surface area contributed by atoms with Crippen LogP contribution < -0.4 is 0 Å². The number of halogens is 3. The van der Waals surface area contributed by atoms with Crippen LogP contribution in [-0.4, -0.2) is 24.1 Å². The third-order valence-corrected chi connectivity index (χ3v) is 11.6. The molecule has 11 rings (SSSR count). The monoisotopic (exact) mass is 833 g/mol. The van der Waals surface area contributed by atoms with Gasteiger partial charge in [0, 0.05) is 44.0 Å². The van der Waals surface area contributed by atoms with Crippen molar-refractivity contribution < 1.29 is 13.2 Å². The number of nitrogens with zero attached hydrogens (tertiary/aromatic N) is 7. The fourth-order valence-corrected chi connectivity index (χ4v) is 8.74. The lowest BCUT2D eigenvalue weighted by atomic mass is 9.96. The van der Waals surface area contributed by atoms with Crippen molar-refractivity contribution in [1.29, 1.82) is 5.26 Å². The van der Waals surface area contributed by atoms with Gasteiger partial charge in [0.05, 0.1) is 57.2 Å². The van der Waals surface area contributed by atoms with Gasteiger partial charge in [-0.3, -0.25) is 0 Å². The molecule has 8 aromatic carbocycles. The molecular weight excluding hydrogens is 804 g/mol. The van der Waals surface area contributed by atoms with Gasteiger partial charge < -0.3 is 9.13 Å². The van der Waals surface area contributed by atoms with Crippen LogP contribution in [-0.2, 0) is 6.18 Å². The molecule has 0 saturated carbocycles. The highest BCUT2D eigenvalue weighted by Gasteiger charge is 2.32. The van der Waals surface area contributed by atoms with Gasteiger partial charge in [-0.05, 0) is 78.2 Å². The molecule has 0 spiro atoms. The molecule has 0 radical (unpaired) electrons. The Hall–Kier alpha value is -8.86. The Balaban J connectivity index is 1.26. The Labute approximate surface area is 364 Å². The minimum atomic E-state index is -4.66. The molecule has 0 amide bonds. The number of benzene rings is 8. The topological polar surface area (TPSA) is 76.7 Å². The van der Waals surface area contributed by atoms with Crippen LogP contribution in [0.25, 0.3) is 105 Å². The number of aromatic nitrogens is 5. The second-order valence-electron chi connectivity index (χ2n) is 15.4. The number of para-hydroxylation sites is 2. The molecule has 0 unspecified atom stereocenters. The Morgan fingerprint density at radius 2 is 1.00 bits per heavy atom. The van der Waals surface area contributed by atoms with Crippen LogP contribution in [0, 0.1) is 17.9 Å². The first-order valence-corrected chi connectivity index (χ1v) is 20.3. The van der Waals surface area contributed by atoms with Crippen LogP contribution >= 0.6 is 0 Å². The molecule has 0 aliphatic rings. The minimum Gasteiger partial charge on any atom is -0.309 e. The molecule has 11 aromatic rings. The van der Waals surface area contributed by atoms with Gasteiger partial charge in [-0.1, -0.05) is 109 Å². The smallest absolute Gasteiger partial charge is 0.309 e. The number of hydrogen-bond donors (Lipinski definition) is 0. The van der Waals surface area contributed by atoms with Gasteiger partial charge in [-0.2, -0.15) is 18.4 Å². The summed E-state index contributed by atoms with van der Waals surface area (Å²) in [5, 5.41) is 13.2. The quantitative estimate of drug-likeness (QED) is 0.156. The van der Waals surface area contributed by atoms with Gasteiger partial charge in [0.15, 0.2) is 23.2 Å². The molecule has 0 N–H and O–H groups in total. The molecule has 0 atom stereocenters. The van der Waals surface area contributed by atoms with E-state index in [1.54, 1.807) is 24.3 Å². The van der Waals surface area contributed by atoms with Gasteiger partial charge in [0.1, 0.15) is 0 Å². The van der Waals surface area contributed by atoms with Gasteiger partial charge in [-0.25, -0.2) is 19.8 Å². The van der Waals surface area contributed by atoms with Crippen LogP contribution in [0.4, 0.5) is 18.9 Å². The first-order valence-electron chi connectivity index (χ1n) is 20.3. The molecule has 0 aliphatic heterocycles. The summed E-state index contributed by atoms with van der Waals surface area (Å²) in [4.78, 5) is 18.7. The number of fused-ring (bicyclic) bond motifs is 6. The summed E-state index contributed by atoms with van der Waals surface area (Å²) in [6.07, 6.45) is -4.66. The minimum absolute atomic E-state index is 0.283. The Kier molecular flexibility index (Phi) is 8.89. The largest absolute Gasteiger partial charge is 0.416 e. The van der Waals surface area contributed by atoms with Crippen molar-refractivity contribution in [3.63, 3.8) is 0 Å². The van der Waals surface area contributed by atoms with E-state index in [-0.39, 0.29) is 5.69 Å². The van der Waals surface area contributed by atoms with E-state index in [0.29, 0.717) is 62.1 Å². The van der Waals surface area contributed by atoms with Gasteiger partial charge in [0.2, 0.25) is 0 Å². The Bertz CT molecular complexity index is 3690. The lowest BCUT2D eigenvalue weighted by Gasteiger charge is -2.21. The lowest BCUT2D eigenvalue weighted by Crippen LogP contribution is -2.08. The van der Waals surface area contributed by atoms with E-state index in [2.05, 4.69) is 15.5 Å². The summed E-state index contributed by atoms with van der Waals surface area (Å²) in [7, 11) is 0. The standard InChI is InChI=1S/C54H30F3N7/c1-59-38-23-27-49-44(31-38)40-17-9-10-18-45(40)63(49)48-26-21-36(53-61-51(34-12-4-2-5-13-34)60-52(62-53)35-14-6-3-7-15-35)29-43(48)41-24-22-37(54(55,56)57)30-50(41)64-46-19-11-8-16-39(46)42-28-33(32-58)20-25-47(42)64/h2-31H. The van der Waals surface area contributed by atoms with E-state index in [4.69, 9.17) is 21.5 Å². The van der Waals surface area contributed by atoms with Crippen LogP contribution in [0.5, 0.6) is 0 Å². The van der Waals surface area contributed by atoms with E-state index >= 15 is 0 Å². The second kappa shape index (κ2) is 14.9. The SMILES string of the molecule is [C-]#[N+]c1ccc2c(c1)c1ccccc1n2-c1ccc(-c2nc(-c3ccccc3)nc(-c3ccccc3)n2)cc1-c1ccc(C(F)(F)F)cc1-n1c2ccccc2c2cc(C#N)ccc21. The van der Waals surface area contributed by atoms with E-state index in [0.717, 1.165) is 49.8 Å². The van der Waals surface area contributed by atoms with E-state index < -0.39 is 11.7 Å². The maximum absolute atomic E-state index is 14.9. The molecule has 0 fully saturated rings.